The Morgan fingerprint density at radius 1 is 1.24 bits per heavy atom. The lowest BCUT2D eigenvalue weighted by atomic mass is 10.2. The maximum atomic E-state index is 12.2. The summed E-state index contributed by atoms with van der Waals surface area (Å²) in [7, 11) is -3.08. The predicted molar refractivity (Wildman–Crippen MR) is 71.5 cm³/mol. The van der Waals surface area contributed by atoms with Crippen molar-refractivity contribution in [2.75, 3.05) is 18.8 Å². The summed E-state index contributed by atoms with van der Waals surface area (Å²) in [5.41, 5.74) is 0. The first-order valence-electron chi connectivity index (χ1n) is 6.56. The predicted octanol–water partition coefficient (Wildman–Crippen LogP) is 1.43. The first kappa shape index (κ1) is 14.9. The normalized spacial score (nSPS) is 17.4. The Morgan fingerprint density at radius 2 is 1.82 bits per heavy atom. The Kier molecular flexibility index (Phi) is 5.41. The fourth-order valence-electron chi connectivity index (χ4n) is 1.81. The van der Waals surface area contributed by atoms with Crippen LogP contribution in [0, 0.1) is 5.92 Å². The van der Waals surface area contributed by atoms with Crippen LogP contribution in [0.25, 0.3) is 0 Å². The fourth-order valence-corrected chi connectivity index (χ4v) is 3.61. The van der Waals surface area contributed by atoms with Gasteiger partial charge >= 0.3 is 0 Å². The van der Waals surface area contributed by atoms with Gasteiger partial charge in [0, 0.05) is 25.2 Å². The van der Waals surface area contributed by atoms with Gasteiger partial charge in [0.2, 0.25) is 10.0 Å². The highest BCUT2D eigenvalue weighted by Crippen LogP contribution is 2.30. The summed E-state index contributed by atoms with van der Waals surface area (Å²) in [6.45, 7) is 9.39. The van der Waals surface area contributed by atoms with Gasteiger partial charge in [0.15, 0.2) is 0 Å². The van der Waals surface area contributed by atoms with E-state index in [1.165, 1.54) is 0 Å². The van der Waals surface area contributed by atoms with Crippen LogP contribution in [-0.4, -0.2) is 43.6 Å². The average molecular weight is 262 g/mol. The van der Waals surface area contributed by atoms with Gasteiger partial charge in [-0.05, 0) is 18.8 Å². The van der Waals surface area contributed by atoms with E-state index >= 15 is 0 Å². The molecule has 5 heteroatoms. The highest BCUT2D eigenvalue weighted by molar-refractivity contribution is 7.89. The zero-order chi connectivity index (χ0) is 13.1. The van der Waals surface area contributed by atoms with Gasteiger partial charge in [0.1, 0.15) is 0 Å². The molecule has 1 rings (SSSR count). The molecule has 1 fully saturated rings. The number of rotatable bonds is 8. The third kappa shape index (κ3) is 5.36. The summed E-state index contributed by atoms with van der Waals surface area (Å²) in [6, 6.07) is 0.617. The molecule has 0 amide bonds. The second-order valence-corrected chi connectivity index (χ2v) is 7.66. The van der Waals surface area contributed by atoms with Crippen LogP contribution in [0.1, 0.15) is 40.5 Å². The van der Waals surface area contributed by atoms with Crippen LogP contribution in [0.3, 0.4) is 0 Å². The molecule has 1 aliphatic rings. The van der Waals surface area contributed by atoms with Crippen molar-refractivity contribution >= 4 is 10.0 Å². The van der Waals surface area contributed by atoms with Crippen molar-refractivity contribution in [3.63, 3.8) is 0 Å². The Balaban J connectivity index is 2.52. The average Bonchev–Trinajstić information content (AvgIpc) is 2.95. The smallest absolute Gasteiger partial charge is 0.215 e. The maximum Gasteiger partial charge on any atom is 0.215 e. The first-order chi connectivity index (χ1) is 7.83. The third-order valence-electron chi connectivity index (χ3n) is 2.77. The molecule has 1 N–H and O–H groups in total. The Bertz CT molecular complexity index is 321. The molecule has 0 radical (unpaired) electrons. The van der Waals surface area contributed by atoms with Crippen molar-refractivity contribution in [1.82, 2.24) is 9.62 Å². The van der Waals surface area contributed by atoms with E-state index in [1.54, 1.807) is 4.31 Å². The van der Waals surface area contributed by atoms with E-state index in [-0.39, 0.29) is 11.8 Å². The number of hydrogen-bond donors (Lipinski definition) is 1. The summed E-state index contributed by atoms with van der Waals surface area (Å²) in [6.07, 6.45) is 2.06. The van der Waals surface area contributed by atoms with Crippen LogP contribution in [0.4, 0.5) is 0 Å². The number of hydrogen-bond acceptors (Lipinski definition) is 3. The Hall–Kier alpha value is -0.130. The molecule has 102 valence electrons. The molecule has 0 aromatic carbocycles. The molecule has 1 aliphatic carbocycles. The lowest BCUT2D eigenvalue weighted by molar-refractivity contribution is 0.359. The topological polar surface area (TPSA) is 49.4 Å². The quantitative estimate of drug-likeness (QED) is 0.720. The third-order valence-corrected chi connectivity index (χ3v) is 4.65. The number of nitrogens with zero attached hydrogens (tertiary/aromatic N) is 1. The van der Waals surface area contributed by atoms with Gasteiger partial charge < -0.3 is 5.32 Å². The molecule has 1 saturated carbocycles. The molecule has 17 heavy (non-hydrogen) atoms. The molecule has 0 atom stereocenters. The molecular formula is C12H26N2O2S. The molecular weight excluding hydrogens is 236 g/mol. The molecule has 0 spiro atoms. The second-order valence-electron chi connectivity index (χ2n) is 5.62. The second kappa shape index (κ2) is 6.16. The van der Waals surface area contributed by atoms with Crippen molar-refractivity contribution in [3.05, 3.63) is 0 Å². The zero-order valence-corrected chi connectivity index (χ0v) is 12.3. The van der Waals surface area contributed by atoms with E-state index in [0.29, 0.717) is 25.0 Å². The van der Waals surface area contributed by atoms with Gasteiger partial charge in [0.25, 0.3) is 0 Å². The van der Waals surface area contributed by atoms with E-state index in [9.17, 15) is 8.42 Å². The van der Waals surface area contributed by atoms with Crippen LogP contribution in [0.2, 0.25) is 0 Å². The Labute approximate surface area is 106 Å². The Morgan fingerprint density at radius 3 is 2.24 bits per heavy atom. The molecule has 0 unspecified atom stereocenters. The van der Waals surface area contributed by atoms with Gasteiger partial charge in [-0.15, -0.1) is 0 Å². The number of sulfonamides is 1. The van der Waals surface area contributed by atoms with Crippen LogP contribution in [0.15, 0.2) is 0 Å². The van der Waals surface area contributed by atoms with Crippen LogP contribution in [-0.2, 0) is 10.0 Å². The van der Waals surface area contributed by atoms with Gasteiger partial charge in [-0.2, -0.15) is 4.31 Å². The standard InChI is InChI=1S/C12H26N2O2S/c1-10(2)9-14(12-5-6-12)17(15,16)8-7-13-11(3)4/h10-13H,5-9H2,1-4H3. The van der Waals surface area contributed by atoms with Crippen molar-refractivity contribution in [2.24, 2.45) is 5.92 Å². The van der Waals surface area contributed by atoms with Crippen LogP contribution in [0.5, 0.6) is 0 Å². The molecule has 0 aromatic heterocycles. The van der Waals surface area contributed by atoms with E-state index in [0.717, 1.165) is 12.8 Å². The maximum absolute atomic E-state index is 12.2. The minimum absolute atomic E-state index is 0.217. The molecule has 0 heterocycles. The first-order valence-corrected chi connectivity index (χ1v) is 8.16. The van der Waals surface area contributed by atoms with Gasteiger partial charge in [-0.1, -0.05) is 27.7 Å². The SMILES string of the molecule is CC(C)CN(C1CC1)S(=O)(=O)CCNC(C)C. The van der Waals surface area contributed by atoms with E-state index in [1.807, 2.05) is 13.8 Å². The van der Waals surface area contributed by atoms with Gasteiger partial charge in [-0.3, -0.25) is 0 Å². The van der Waals surface area contributed by atoms with E-state index in [2.05, 4.69) is 19.2 Å². The van der Waals surface area contributed by atoms with Crippen molar-refractivity contribution in [3.8, 4) is 0 Å². The minimum Gasteiger partial charge on any atom is -0.313 e. The largest absolute Gasteiger partial charge is 0.313 e. The molecule has 4 nitrogen and oxygen atoms in total. The van der Waals surface area contributed by atoms with E-state index < -0.39 is 10.0 Å². The van der Waals surface area contributed by atoms with E-state index in [4.69, 9.17) is 0 Å². The summed E-state index contributed by atoms with van der Waals surface area (Å²) in [4.78, 5) is 0. The van der Waals surface area contributed by atoms with Crippen LogP contribution >= 0.6 is 0 Å². The number of nitrogens with one attached hydrogen (secondary N) is 1. The lowest BCUT2D eigenvalue weighted by Gasteiger charge is -2.24. The summed E-state index contributed by atoms with van der Waals surface area (Å²) < 4.78 is 26.2. The molecule has 0 aliphatic heterocycles. The monoisotopic (exact) mass is 262 g/mol. The highest BCUT2D eigenvalue weighted by Gasteiger charge is 2.36. The summed E-state index contributed by atoms with van der Waals surface area (Å²) >= 11 is 0. The molecule has 0 saturated heterocycles. The van der Waals surface area contributed by atoms with Gasteiger partial charge in [0.05, 0.1) is 5.75 Å². The fraction of sp³-hybridized carbons (Fsp3) is 1.00. The highest BCUT2D eigenvalue weighted by atomic mass is 32.2. The zero-order valence-electron chi connectivity index (χ0n) is 11.4. The van der Waals surface area contributed by atoms with Crippen molar-refractivity contribution < 1.29 is 8.42 Å². The van der Waals surface area contributed by atoms with Crippen molar-refractivity contribution in [2.45, 2.75) is 52.6 Å². The van der Waals surface area contributed by atoms with Crippen molar-refractivity contribution in [1.29, 1.82) is 0 Å². The van der Waals surface area contributed by atoms with Crippen LogP contribution < -0.4 is 5.32 Å². The lowest BCUT2D eigenvalue weighted by Crippen LogP contribution is -2.40. The molecule has 0 aromatic rings. The summed E-state index contributed by atoms with van der Waals surface area (Å²) in [5, 5.41) is 3.16. The molecule has 0 bridgehead atoms. The summed E-state index contributed by atoms with van der Waals surface area (Å²) in [5.74, 6) is 0.609. The minimum atomic E-state index is -3.08. The van der Waals surface area contributed by atoms with Gasteiger partial charge in [-0.25, -0.2) is 8.42 Å².